The van der Waals surface area contributed by atoms with Gasteiger partial charge in [0.2, 0.25) is 0 Å². The predicted molar refractivity (Wildman–Crippen MR) is 94.3 cm³/mol. The fraction of sp³-hybridized carbons (Fsp3) is 0.556. The van der Waals surface area contributed by atoms with E-state index in [0.29, 0.717) is 12.1 Å². The Labute approximate surface area is 136 Å². The number of nitrogens with one attached hydrogen (secondary N) is 1. The third-order valence-electron chi connectivity index (χ3n) is 4.57. The minimum absolute atomic E-state index is 0.488. The molecule has 0 amide bonds. The average Bonchev–Trinajstić information content (AvgIpc) is 3.13. The Kier molecular flexibility index (Phi) is 5.50. The van der Waals surface area contributed by atoms with Gasteiger partial charge >= 0.3 is 0 Å². The summed E-state index contributed by atoms with van der Waals surface area (Å²) in [6.07, 6.45) is 7.99. The molecular weight excluding hydrogens is 294 g/mol. The van der Waals surface area contributed by atoms with E-state index in [1.165, 1.54) is 41.9 Å². The van der Waals surface area contributed by atoms with E-state index < -0.39 is 0 Å². The molecule has 0 aromatic carbocycles. The van der Waals surface area contributed by atoms with E-state index >= 15 is 0 Å². The van der Waals surface area contributed by atoms with Crippen LogP contribution in [0.5, 0.6) is 0 Å². The zero-order valence-electron chi connectivity index (χ0n) is 12.8. The molecule has 1 aliphatic rings. The summed E-state index contributed by atoms with van der Waals surface area (Å²) in [5, 5.41) is 8.36. The van der Waals surface area contributed by atoms with Gasteiger partial charge in [0, 0.05) is 28.3 Å². The van der Waals surface area contributed by atoms with E-state index in [1.807, 2.05) is 22.7 Å². The Hall–Kier alpha value is -0.640. The van der Waals surface area contributed by atoms with Crippen LogP contribution >= 0.6 is 22.7 Å². The summed E-state index contributed by atoms with van der Waals surface area (Å²) in [5.41, 5.74) is 0. The fourth-order valence-electron chi connectivity index (χ4n) is 3.30. The number of hydrogen-bond acceptors (Lipinski definition) is 3. The van der Waals surface area contributed by atoms with Crippen LogP contribution in [0.2, 0.25) is 0 Å². The summed E-state index contributed by atoms with van der Waals surface area (Å²) in [7, 11) is 0. The van der Waals surface area contributed by atoms with Crippen LogP contribution < -0.4 is 5.32 Å². The SMILES string of the molecule is CC1CCCC(NC(Cc2cccs2)c2cccs2)CC1. The molecule has 3 rings (SSSR count). The zero-order chi connectivity index (χ0) is 14.5. The maximum absolute atomic E-state index is 3.97. The molecule has 2 aromatic heterocycles. The highest BCUT2D eigenvalue weighted by atomic mass is 32.1. The summed E-state index contributed by atoms with van der Waals surface area (Å²) in [5.74, 6) is 0.911. The zero-order valence-corrected chi connectivity index (χ0v) is 14.4. The van der Waals surface area contributed by atoms with Gasteiger partial charge in [-0.25, -0.2) is 0 Å². The Morgan fingerprint density at radius 2 is 1.95 bits per heavy atom. The molecule has 0 aliphatic heterocycles. The first kappa shape index (κ1) is 15.3. The minimum Gasteiger partial charge on any atom is -0.306 e. The van der Waals surface area contributed by atoms with Crippen LogP contribution in [-0.2, 0) is 6.42 Å². The van der Waals surface area contributed by atoms with Crippen molar-refractivity contribution in [3.63, 3.8) is 0 Å². The fourth-order valence-corrected chi connectivity index (χ4v) is 4.84. The molecule has 3 atom stereocenters. The second-order valence-electron chi connectivity index (χ2n) is 6.33. The normalized spacial score (nSPS) is 24.6. The van der Waals surface area contributed by atoms with Crippen LogP contribution in [0.4, 0.5) is 0 Å². The molecular formula is C18H25NS2. The molecule has 1 fully saturated rings. The molecule has 1 saturated carbocycles. The average molecular weight is 320 g/mol. The second-order valence-corrected chi connectivity index (χ2v) is 8.34. The van der Waals surface area contributed by atoms with Gasteiger partial charge in [0.05, 0.1) is 0 Å². The standard InChI is InChI=1S/C18H25NS2/c1-14-5-2-6-15(10-9-14)19-17(18-8-4-12-21-18)13-16-7-3-11-20-16/h3-4,7-8,11-12,14-15,17,19H,2,5-6,9-10,13H2,1H3. The molecule has 3 heteroatoms. The molecule has 1 aliphatic carbocycles. The van der Waals surface area contributed by atoms with Gasteiger partial charge < -0.3 is 5.32 Å². The highest BCUT2D eigenvalue weighted by molar-refractivity contribution is 7.10. The van der Waals surface area contributed by atoms with E-state index in [9.17, 15) is 0 Å². The van der Waals surface area contributed by atoms with Gasteiger partial charge in [-0.15, -0.1) is 22.7 Å². The van der Waals surface area contributed by atoms with Gasteiger partial charge in [-0.05, 0) is 48.1 Å². The van der Waals surface area contributed by atoms with Gasteiger partial charge in [0.15, 0.2) is 0 Å². The van der Waals surface area contributed by atoms with Crippen molar-refractivity contribution in [2.24, 2.45) is 5.92 Å². The lowest BCUT2D eigenvalue weighted by atomic mass is 10.0. The first-order valence-corrected chi connectivity index (χ1v) is 9.89. The molecule has 0 saturated heterocycles. The smallest absolute Gasteiger partial charge is 0.0465 e. The van der Waals surface area contributed by atoms with Crippen molar-refractivity contribution in [3.05, 3.63) is 44.8 Å². The van der Waals surface area contributed by atoms with Crippen LogP contribution in [0.25, 0.3) is 0 Å². The van der Waals surface area contributed by atoms with E-state index in [-0.39, 0.29) is 0 Å². The molecule has 21 heavy (non-hydrogen) atoms. The number of rotatable bonds is 5. The maximum Gasteiger partial charge on any atom is 0.0465 e. The molecule has 2 heterocycles. The van der Waals surface area contributed by atoms with E-state index in [4.69, 9.17) is 0 Å². The van der Waals surface area contributed by atoms with Crippen LogP contribution in [0, 0.1) is 5.92 Å². The van der Waals surface area contributed by atoms with Crippen molar-refractivity contribution in [1.82, 2.24) is 5.32 Å². The van der Waals surface area contributed by atoms with Crippen LogP contribution in [0.15, 0.2) is 35.0 Å². The van der Waals surface area contributed by atoms with E-state index in [2.05, 4.69) is 47.3 Å². The second kappa shape index (κ2) is 7.57. The highest BCUT2D eigenvalue weighted by Crippen LogP contribution is 2.29. The number of hydrogen-bond donors (Lipinski definition) is 1. The maximum atomic E-state index is 3.97. The molecule has 114 valence electrons. The number of thiophene rings is 2. The summed E-state index contributed by atoms with van der Waals surface area (Å²) in [4.78, 5) is 2.98. The summed E-state index contributed by atoms with van der Waals surface area (Å²) >= 11 is 3.77. The Bertz CT molecular complexity index is 503. The summed E-state index contributed by atoms with van der Waals surface area (Å²) in [6.45, 7) is 2.41. The summed E-state index contributed by atoms with van der Waals surface area (Å²) in [6, 6.07) is 10.1. The molecule has 0 spiro atoms. The van der Waals surface area contributed by atoms with Crippen molar-refractivity contribution >= 4 is 22.7 Å². The van der Waals surface area contributed by atoms with Crippen molar-refractivity contribution in [1.29, 1.82) is 0 Å². The monoisotopic (exact) mass is 319 g/mol. The van der Waals surface area contributed by atoms with E-state index in [1.54, 1.807) is 0 Å². The lowest BCUT2D eigenvalue weighted by Crippen LogP contribution is -2.33. The van der Waals surface area contributed by atoms with Gasteiger partial charge in [-0.3, -0.25) is 0 Å². The first-order valence-electron chi connectivity index (χ1n) is 8.13. The quantitative estimate of drug-likeness (QED) is 0.702. The third-order valence-corrected chi connectivity index (χ3v) is 6.45. The Morgan fingerprint density at radius 1 is 1.10 bits per heavy atom. The molecule has 1 nitrogen and oxygen atoms in total. The van der Waals surface area contributed by atoms with Gasteiger partial charge in [0.1, 0.15) is 0 Å². The van der Waals surface area contributed by atoms with Crippen molar-refractivity contribution < 1.29 is 0 Å². The molecule has 3 unspecified atom stereocenters. The minimum atomic E-state index is 0.488. The van der Waals surface area contributed by atoms with Gasteiger partial charge in [-0.2, -0.15) is 0 Å². The van der Waals surface area contributed by atoms with Gasteiger partial charge in [0.25, 0.3) is 0 Å². The molecule has 2 aromatic rings. The van der Waals surface area contributed by atoms with Crippen LogP contribution in [0.3, 0.4) is 0 Å². The highest BCUT2D eigenvalue weighted by Gasteiger charge is 2.21. The predicted octanol–water partition coefficient (Wildman–Crippen LogP) is 5.65. The van der Waals surface area contributed by atoms with Crippen molar-refractivity contribution in [3.8, 4) is 0 Å². The van der Waals surface area contributed by atoms with Crippen molar-refractivity contribution in [2.45, 2.75) is 57.5 Å². The first-order chi connectivity index (χ1) is 10.3. The summed E-state index contributed by atoms with van der Waals surface area (Å²) < 4.78 is 0. The molecule has 0 radical (unpaired) electrons. The molecule has 1 N–H and O–H groups in total. The Morgan fingerprint density at radius 3 is 2.71 bits per heavy atom. The lowest BCUT2D eigenvalue weighted by Gasteiger charge is -2.24. The largest absolute Gasteiger partial charge is 0.306 e. The van der Waals surface area contributed by atoms with Crippen LogP contribution in [-0.4, -0.2) is 6.04 Å². The molecule has 0 bridgehead atoms. The topological polar surface area (TPSA) is 12.0 Å². The van der Waals surface area contributed by atoms with E-state index in [0.717, 1.165) is 12.3 Å². The third kappa shape index (κ3) is 4.41. The lowest BCUT2D eigenvalue weighted by molar-refractivity contribution is 0.396. The Balaban J connectivity index is 1.67. The van der Waals surface area contributed by atoms with Crippen LogP contribution in [0.1, 0.15) is 54.8 Å². The van der Waals surface area contributed by atoms with Crippen molar-refractivity contribution in [2.75, 3.05) is 0 Å². The van der Waals surface area contributed by atoms with Gasteiger partial charge in [-0.1, -0.05) is 31.9 Å².